The van der Waals surface area contributed by atoms with Crippen molar-refractivity contribution in [3.63, 3.8) is 0 Å². The highest BCUT2D eigenvalue weighted by Crippen LogP contribution is 2.80. The molecule has 48 heavy (non-hydrogen) atoms. The third-order valence-corrected chi connectivity index (χ3v) is 13.5. The maximum Gasteiger partial charge on any atom is 0.338 e. The average molecular weight is 676 g/mol. The second-order valence-corrected chi connectivity index (χ2v) is 14.8. The molecule has 15 atom stereocenters. The fourth-order valence-electron chi connectivity index (χ4n) is 12.5. The Morgan fingerprint density at radius 2 is 1.69 bits per heavy atom. The fraction of sp³-hybridized carbons (Fsp3) is 0.771. The number of esters is 2. The number of nitrogens with zero attached hydrogens (tertiary/aromatic N) is 1. The fourth-order valence-corrected chi connectivity index (χ4v) is 12.5. The van der Waals surface area contributed by atoms with E-state index in [-0.39, 0.29) is 24.6 Å². The van der Waals surface area contributed by atoms with Crippen LogP contribution in [0.1, 0.15) is 37.0 Å². The van der Waals surface area contributed by atoms with Gasteiger partial charge in [0.2, 0.25) is 0 Å². The summed E-state index contributed by atoms with van der Waals surface area (Å²) in [6.07, 6.45) is -5.64. The number of rotatable bonds is 10. The summed E-state index contributed by atoms with van der Waals surface area (Å²) in [6.45, 7) is 4.64. The van der Waals surface area contributed by atoms with E-state index in [2.05, 4.69) is 4.90 Å². The smallest absolute Gasteiger partial charge is 0.338 e. The highest BCUT2D eigenvalue weighted by Gasteiger charge is 2.92. The molecule has 13 nitrogen and oxygen atoms in total. The summed E-state index contributed by atoms with van der Waals surface area (Å²) in [4.78, 5) is 29.5. The minimum absolute atomic E-state index is 0.0591. The largest absolute Gasteiger partial charge is 0.497 e. The number of likely N-dealkylation sites (tertiary alicyclic amines) is 1. The third kappa shape index (κ3) is 3.90. The second kappa shape index (κ2) is 11.6. The van der Waals surface area contributed by atoms with Crippen LogP contribution in [-0.2, 0) is 33.2 Å². The van der Waals surface area contributed by atoms with Crippen LogP contribution in [0.3, 0.4) is 0 Å². The van der Waals surface area contributed by atoms with Crippen LogP contribution in [0.15, 0.2) is 24.3 Å². The number of ether oxygens (including phenoxy) is 7. The number of fused-ring (bicyclic) bond motifs is 2. The summed E-state index contributed by atoms with van der Waals surface area (Å²) in [7, 11) is 7.77. The molecule has 7 rings (SSSR count). The summed E-state index contributed by atoms with van der Waals surface area (Å²) in [5.41, 5.74) is -4.94. The number of methoxy groups -OCH3 is 5. The van der Waals surface area contributed by atoms with Gasteiger partial charge in [-0.05, 0) is 43.1 Å². The van der Waals surface area contributed by atoms with Crippen molar-refractivity contribution in [2.24, 2.45) is 34.5 Å². The lowest BCUT2D eigenvalue weighted by atomic mass is 9.42. The van der Waals surface area contributed by atoms with Gasteiger partial charge in [-0.1, -0.05) is 6.92 Å². The minimum Gasteiger partial charge on any atom is -0.497 e. The van der Waals surface area contributed by atoms with E-state index < -0.39 is 94.3 Å². The van der Waals surface area contributed by atoms with E-state index in [0.29, 0.717) is 25.3 Å². The first-order valence-corrected chi connectivity index (χ1v) is 16.9. The van der Waals surface area contributed by atoms with Crippen molar-refractivity contribution in [1.29, 1.82) is 0 Å². The lowest BCUT2D eigenvalue weighted by Gasteiger charge is -2.70. The minimum atomic E-state index is -1.86. The van der Waals surface area contributed by atoms with Crippen molar-refractivity contribution in [2.45, 2.75) is 80.6 Å². The molecule has 1 saturated heterocycles. The number of carbonyl (C=O) groups excluding carboxylic acids is 2. The standard InChI is InChI=1S/C35H49NO12/c1-8-36-15-32(16-42-3)21(38)13-22(44-5)34-20-14-33(41)29(47-31(40)18-9-11-19(43-4)12-10-18)23(20)35(48-17(2)37,28(39)30(33)46-7)24(27(34)36)25(45-6)26(32)34/h9-12,20-30,38-39,41H,8,13-16H2,1-7H3/t20-,21-,22?,23-,24?,25?,26-,27?,28+,29-,30+,32+,33-,34?,35-/m1/s1. The number of hydrogen-bond donors (Lipinski definition) is 3. The number of carbonyl (C=O) groups is 2. The normalized spacial score (nSPS) is 48.2. The molecule has 0 radical (unpaired) electrons. The average Bonchev–Trinajstić information content (AvgIpc) is 3.44. The highest BCUT2D eigenvalue weighted by atomic mass is 16.6. The Kier molecular flexibility index (Phi) is 8.24. The zero-order valence-corrected chi connectivity index (χ0v) is 28.7. The maximum absolute atomic E-state index is 13.9. The first kappa shape index (κ1) is 34.1. The Morgan fingerprint density at radius 1 is 0.979 bits per heavy atom. The molecule has 3 N–H and O–H groups in total. The zero-order chi connectivity index (χ0) is 34.6. The van der Waals surface area contributed by atoms with Crippen molar-refractivity contribution in [3.8, 4) is 5.75 Å². The van der Waals surface area contributed by atoms with Crippen molar-refractivity contribution in [1.82, 2.24) is 4.90 Å². The highest BCUT2D eigenvalue weighted by molar-refractivity contribution is 5.89. The molecule has 1 heterocycles. The molecular formula is C35H49NO12. The van der Waals surface area contributed by atoms with Gasteiger partial charge in [-0.15, -0.1) is 0 Å². The Morgan fingerprint density at radius 3 is 2.25 bits per heavy atom. The van der Waals surface area contributed by atoms with Crippen LogP contribution >= 0.6 is 0 Å². The summed E-state index contributed by atoms with van der Waals surface area (Å²) in [5.74, 6) is -3.23. The molecule has 0 amide bonds. The number of benzene rings is 1. The van der Waals surface area contributed by atoms with E-state index in [1.165, 1.54) is 21.1 Å². The predicted octanol–water partition coefficient (Wildman–Crippen LogP) is 0.657. The molecule has 6 fully saturated rings. The summed E-state index contributed by atoms with van der Waals surface area (Å²) < 4.78 is 42.7. The van der Waals surface area contributed by atoms with Crippen LogP contribution in [0.5, 0.6) is 5.75 Å². The van der Waals surface area contributed by atoms with Crippen molar-refractivity contribution < 1.29 is 58.1 Å². The number of aliphatic hydroxyl groups excluding tert-OH is 2. The molecule has 0 aromatic heterocycles. The van der Waals surface area contributed by atoms with Crippen LogP contribution < -0.4 is 4.74 Å². The molecule has 1 aromatic carbocycles. The van der Waals surface area contributed by atoms with Gasteiger partial charge < -0.3 is 48.5 Å². The van der Waals surface area contributed by atoms with E-state index in [0.717, 1.165) is 0 Å². The number of hydrogen-bond acceptors (Lipinski definition) is 13. The number of aliphatic hydroxyl groups is 3. The van der Waals surface area contributed by atoms with E-state index in [4.69, 9.17) is 33.2 Å². The van der Waals surface area contributed by atoms with Gasteiger partial charge in [0, 0.05) is 83.0 Å². The van der Waals surface area contributed by atoms with Crippen LogP contribution in [0, 0.1) is 34.5 Å². The molecule has 5 saturated carbocycles. The van der Waals surface area contributed by atoms with Crippen LogP contribution in [0.2, 0.25) is 0 Å². The summed E-state index contributed by atoms with van der Waals surface area (Å²) in [5, 5.41) is 37.4. The summed E-state index contributed by atoms with van der Waals surface area (Å²) in [6, 6.07) is 6.10. The first-order valence-electron chi connectivity index (χ1n) is 16.9. The molecule has 5 unspecified atom stereocenters. The van der Waals surface area contributed by atoms with Crippen LogP contribution in [-0.4, -0.2) is 141 Å². The van der Waals surface area contributed by atoms with E-state index in [1.807, 2.05) is 6.92 Å². The molecule has 13 heteroatoms. The van der Waals surface area contributed by atoms with E-state index >= 15 is 0 Å². The topological polar surface area (TPSA) is 163 Å². The van der Waals surface area contributed by atoms with Gasteiger partial charge in [0.15, 0.2) is 5.60 Å². The van der Waals surface area contributed by atoms with Gasteiger partial charge in [-0.2, -0.15) is 0 Å². The maximum atomic E-state index is 13.9. The van der Waals surface area contributed by atoms with Crippen LogP contribution in [0.4, 0.5) is 0 Å². The van der Waals surface area contributed by atoms with Crippen LogP contribution in [0.25, 0.3) is 0 Å². The monoisotopic (exact) mass is 675 g/mol. The first-order chi connectivity index (χ1) is 22.9. The Hall–Kier alpha value is -2.36. The van der Waals surface area contributed by atoms with Gasteiger partial charge in [-0.3, -0.25) is 9.69 Å². The second-order valence-electron chi connectivity index (χ2n) is 14.8. The number of piperidine rings is 1. The Labute approximate surface area is 280 Å². The van der Waals surface area contributed by atoms with Crippen molar-refractivity contribution in [3.05, 3.63) is 29.8 Å². The Bertz CT molecular complexity index is 1430. The van der Waals surface area contributed by atoms with Gasteiger partial charge in [-0.25, -0.2) is 4.79 Å². The quantitative estimate of drug-likeness (QED) is 0.297. The third-order valence-electron chi connectivity index (χ3n) is 13.5. The lowest BCUT2D eigenvalue weighted by Crippen LogP contribution is -2.81. The lowest BCUT2D eigenvalue weighted by molar-refractivity contribution is -0.322. The Balaban J connectivity index is 1.50. The zero-order valence-electron chi connectivity index (χ0n) is 28.7. The van der Waals surface area contributed by atoms with Crippen molar-refractivity contribution in [2.75, 3.05) is 55.2 Å². The molecule has 266 valence electrons. The predicted molar refractivity (Wildman–Crippen MR) is 167 cm³/mol. The molecule has 7 bridgehead atoms. The molecule has 1 aliphatic heterocycles. The van der Waals surface area contributed by atoms with Gasteiger partial charge in [0.05, 0.1) is 37.6 Å². The van der Waals surface area contributed by atoms with Gasteiger partial charge >= 0.3 is 11.9 Å². The molecule has 1 aromatic rings. The van der Waals surface area contributed by atoms with Crippen molar-refractivity contribution >= 4 is 11.9 Å². The van der Waals surface area contributed by atoms with Gasteiger partial charge in [0.1, 0.15) is 29.7 Å². The SMILES string of the molecule is CCN1C[C@]2(COC)[C@H](O)CC(OC)C34C1C(C(OC)[C@@H]32)[C@]1(OC(C)=O)[C@@H]2[C@H]4C[C@@](O)([C@@H]2OC(=O)c2ccc(OC)cc2)[C@@H](OC)[C@@H]1O. The molecule has 5 aliphatic carbocycles. The van der Waals surface area contributed by atoms with Gasteiger partial charge in [0.25, 0.3) is 0 Å². The summed E-state index contributed by atoms with van der Waals surface area (Å²) >= 11 is 0. The molecular weight excluding hydrogens is 626 g/mol. The van der Waals surface area contributed by atoms with E-state index in [9.17, 15) is 24.9 Å². The molecule has 1 spiro atoms. The molecule has 6 aliphatic rings. The van der Waals surface area contributed by atoms with E-state index in [1.54, 1.807) is 45.6 Å².